The number of amides is 2. The predicted molar refractivity (Wildman–Crippen MR) is 113 cm³/mol. The monoisotopic (exact) mass is 416 g/mol. The number of hydrogen-bond acceptors (Lipinski definition) is 4. The SMILES string of the molecule is CC[C@@H](Oc1ccccc1Cl)C(=O)Nc1ccccc1C(=O)NC[C@@H]1CCCO1. The lowest BCUT2D eigenvalue weighted by Crippen LogP contribution is -2.35. The molecule has 6 nitrogen and oxygen atoms in total. The molecule has 1 aliphatic rings. The normalized spacial score (nSPS) is 16.8. The van der Waals surface area contributed by atoms with E-state index in [1.165, 1.54) is 0 Å². The molecule has 29 heavy (non-hydrogen) atoms. The summed E-state index contributed by atoms with van der Waals surface area (Å²) >= 11 is 6.13. The molecule has 1 heterocycles. The molecule has 2 atom stereocenters. The van der Waals surface area contributed by atoms with Crippen molar-refractivity contribution in [1.29, 1.82) is 0 Å². The molecule has 0 unspecified atom stereocenters. The van der Waals surface area contributed by atoms with Crippen LogP contribution in [-0.4, -0.2) is 37.2 Å². The van der Waals surface area contributed by atoms with E-state index in [4.69, 9.17) is 21.1 Å². The van der Waals surface area contributed by atoms with Crippen molar-refractivity contribution in [3.8, 4) is 5.75 Å². The van der Waals surface area contributed by atoms with Crippen molar-refractivity contribution in [3.05, 3.63) is 59.1 Å². The van der Waals surface area contributed by atoms with E-state index in [0.717, 1.165) is 19.4 Å². The molecule has 0 radical (unpaired) electrons. The standard InChI is InChI=1S/C22H25ClN2O4/c1-2-19(29-20-12-6-4-10-17(20)23)22(27)25-18-11-5-3-9-16(18)21(26)24-14-15-8-7-13-28-15/h3-6,9-12,15,19H,2,7-8,13-14H2,1H3,(H,24,26)(H,25,27)/t15-,19+/m0/s1. The average Bonchev–Trinajstić information content (AvgIpc) is 3.25. The van der Waals surface area contributed by atoms with Gasteiger partial charge < -0.3 is 20.1 Å². The van der Waals surface area contributed by atoms with Gasteiger partial charge in [-0.15, -0.1) is 0 Å². The number of anilines is 1. The molecule has 154 valence electrons. The van der Waals surface area contributed by atoms with E-state index in [0.29, 0.717) is 35.0 Å². The van der Waals surface area contributed by atoms with Crippen molar-refractivity contribution in [2.75, 3.05) is 18.5 Å². The predicted octanol–water partition coefficient (Wildman–Crippen LogP) is 4.04. The Hall–Kier alpha value is -2.57. The number of para-hydroxylation sites is 2. The summed E-state index contributed by atoms with van der Waals surface area (Å²) in [7, 11) is 0. The van der Waals surface area contributed by atoms with Crippen molar-refractivity contribution in [2.45, 2.75) is 38.4 Å². The molecule has 1 aliphatic heterocycles. The number of benzene rings is 2. The Bertz CT molecular complexity index is 852. The third kappa shape index (κ3) is 5.71. The average molecular weight is 417 g/mol. The number of carbonyl (C=O) groups is 2. The van der Waals surface area contributed by atoms with Crippen LogP contribution in [0.5, 0.6) is 5.75 Å². The molecule has 2 N–H and O–H groups in total. The summed E-state index contributed by atoms with van der Waals surface area (Å²) in [4.78, 5) is 25.4. The van der Waals surface area contributed by atoms with Gasteiger partial charge in [0.05, 0.1) is 22.4 Å². The van der Waals surface area contributed by atoms with Gasteiger partial charge in [0.15, 0.2) is 6.10 Å². The van der Waals surface area contributed by atoms with Gasteiger partial charge in [-0.2, -0.15) is 0 Å². The first-order valence-corrected chi connectivity index (χ1v) is 10.2. The third-order valence-corrected chi connectivity index (χ3v) is 5.03. The second-order valence-electron chi connectivity index (χ2n) is 6.83. The van der Waals surface area contributed by atoms with Gasteiger partial charge in [-0.3, -0.25) is 9.59 Å². The van der Waals surface area contributed by atoms with Crippen LogP contribution in [0.3, 0.4) is 0 Å². The maximum atomic E-state index is 12.8. The molecular formula is C22H25ClN2O4. The van der Waals surface area contributed by atoms with Crippen LogP contribution >= 0.6 is 11.6 Å². The van der Waals surface area contributed by atoms with Crippen LogP contribution in [-0.2, 0) is 9.53 Å². The Morgan fingerprint density at radius 2 is 1.97 bits per heavy atom. The summed E-state index contributed by atoms with van der Waals surface area (Å²) < 4.78 is 11.3. The van der Waals surface area contributed by atoms with Crippen LogP contribution in [0.15, 0.2) is 48.5 Å². The van der Waals surface area contributed by atoms with Crippen molar-refractivity contribution in [3.63, 3.8) is 0 Å². The fraction of sp³-hybridized carbons (Fsp3) is 0.364. The van der Waals surface area contributed by atoms with Crippen LogP contribution in [0.25, 0.3) is 0 Å². The largest absolute Gasteiger partial charge is 0.479 e. The Morgan fingerprint density at radius 1 is 1.21 bits per heavy atom. The Balaban J connectivity index is 1.66. The molecule has 1 fully saturated rings. The zero-order chi connectivity index (χ0) is 20.6. The van der Waals surface area contributed by atoms with Crippen molar-refractivity contribution >= 4 is 29.1 Å². The van der Waals surface area contributed by atoms with E-state index >= 15 is 0 Å². The van der Waals surface area contributed by atoms with E-state index in [1.54, 1.807) is 48.5 Å². The van der Waals surface area contributed by atoms with E-state index in [1.807, 2.05) is 6.92 Å². The number of ether oxygens (including phenoxy) is 2. The fourth-order valence-electron chi connectivity index (χ4n) is 3.13. The molecule has 0 bridgehead atoms. The highest BCUT2D eigenvalue weighted by Gasteiger charge is 2.22. The lowest BCUT2D eigenvalue weighted by atomic mass is 10.1. The van der Waals surface area contributed by atoms with Gasteiger partial charge in [0.1, 0.15) is 5.75 Å². The number of halogens is 1. The first kappa shape index (κ1) is 21.1. The van der Waals surface area contributed by atoms with E-state index < -0.39 is 6.10 Å². The van der Waals surface area contributed by atoms with Crippen LogP contribution in [0, 0.1) is 0 Å². The van der Waals surface area contributed by atoms with Crippen molar-refractivity contribution < 1.29 is 19.1 Å². The molecule has 2 aromatic carbocycles. The Morgan fingerprint density at radius 3 is 2.69 bits per heavy atom. The summed E-state index contributed by atoms with van der Waals surface area (Å²) in [6, 6.07) is 13.9. The zero-order valence-electron chi connectivity index (χ0n) is 16.3. The van der Waals surface area contributed by atoms with Crippen LogP contribution in [0.4, 0.5) is 5.69 Å². The minimum Gasteiger partial charge on any atom is -0.479 e. The summed E-state index contributed by atoms with van der Waals surface area (Å²) in [6.07, 6.45) is 1.71. The second kappa shape index (κ2) is 10.3. The summed E-state index contributed by atoms with van der Waals surface area (Å²) in [5, 5.41) is 6.13. The van der Waals surface area contributed by atoms with Crippen molar-refractivity contribution in [2.24, 2.45) is 0 Å². The number of hydrogen-bond donors (Lipinski definition) is 2. The van der Waals surface area contributed by atoms with Gasteiger partial charge >= 0.3 is 0 Å². The second-order valence-corrected chi connectivity index (χ2v) is 7.23. The molecule has 3 rings (SSSR count). The molecule has 7 heteroatoms. The highest BCUT2D eigenvalue weighted by Crippen LogP contribution is 2.25. The molecule has 0 aliphatic carbocycles. The van der Waals surface area contributed by atoms with Crippen LogP contribution in [0.1, 0.15) is 36.5 Å². The molecule has 2 aromatic rings. The van der Waals surface area contributed by atoms with Gasteiger partial charge in [-0.25, -0.2) is 0 Å². The highest BCUT2D eigenvalue weighted by molar-refractivity contribution is 6.32. The van der Waals surface area contributed by atoms with Gasteiger partial charge in [-0.05, 0) is 43.5 Å². The number of rotatable bonds is 8. The first-order chi connectivity index (χ1) is 14.1. The minimum atomic E-state index is -0.738. The number of nitrogens with one attached hydrogen (secondary N) is 2. The van der Waals surface area contributed by atoms with Gasteiger partial charge in [-0.1, -0.05) is 42.8 Å². The molecular weight excluding hydrogens is 392 g/mol. The lowest BCUT2D eigenvalue weighted by molar-refractivity contribution is -0.122. The Kier molecular flexibility index (Phi) is 7.49. The van der Waals surface area contributed by atoms with Crippen LogP contribution < -0.4 is 15.4 Å². The third-order valence-electron chi connectivity index (χ3n) is 4.71. The van der Waals surface area contributed by atoms with Crippen LogP contribution in [0.2, 0.25) is 5.02 Å². The smallest absolute Gasteiger partial charge is 0.265 e. The van der Waals surface area contributed by atoms with E-state index in [-0.39, 0.29) is 17.9 Å². The van der Waals surface area contributed by atoms with Crippen molar-refractivity contribution in [1.82, 2.24) is 5.32 Å². The van der Waals surface area contributed by atoms with Gasteiger partial charge in [0.2, 0.25) is 0 Å². The highest BCUT2D eigenvalue weighted by atomic mass is 35.5. The topological polar surface area (TPSA) is 76.7 Å². The first-order valence-electron chi connectivity index (χ1n) is 9.79. The summed E-state index contributed by atoms with van der Waals surface area (Å²) in [5.41, 5.74) is 0.829. The summed E-state index contributed by atoms with van der Waals surface area (Å²) in [6.45, 7) is 3.03. The van der Waals surface area contributed by atoms with Gasteiger partial charge in [0, 0.05) is 13.2 Å². The minimum absolute atomic E-state index is 0.0502. The lowest BCUT2D eigenvalue weighted by Gasteiger charge is -2.19. The van der Waals surface area contributed by atoms with Gasteiger partial charge in [0.25, 0.3) is 11.8 Å². The maximum Gasteiger partial charge on any atom is 0.265 e. The number of carbonyl (C=O) groups excluding carboxylic acids is 2. The molecule has 1 saturated heterocycles. The zero-order valence-corrected chi connectivity index (χ0v) is 17.1. The maximum absolute atomic E-state index is 12.8. The quantitative estimate of drug-likeness (QED) is 0.680. The molecule has 0 spiro atoms. The summed E-state index contributed by atoms with van der Waals surface area (Å²) in [5.74, 6) is -0.151. The fourth-order valence-corrected chi connectivity index (χ4v) is 3.31. The van der Waals surface area contributed by atoms with E-state index in [9.17, 15) is 9.59 Å². The molecule has 0 saturated carbocycles. The van der Waals surface area contributed by atoms with E-state index in [2.05, 4.69) is 10.6 Å². The molecule has 0 aromatic heterocycles. The molecule has 2 amide bonds. The Labute approximate surface area is 175 Å².